The third kappa shape index (κ3) is 3.99. The highest BCUT2D eigenvalue weighted by molar-refractivity contribution is 6.31. The molecule has 1 aliphatic carbocycles. The number of hydrogen-bond acceptors (Lipinski definition) is 3. The van der Waals surface area contributed by atoms with Crippen LogP contribution in [-0.4, -0.2) is 27.0 Å². The van der Waals surface area contributed by atoms with Gasteiger partial charge in [0, 0.05) is 19.6 Å². The standard InChI is InChI=1S/C16H28ClN3O/c1-5-20-13(14(17)12(2)19-20)10-18-11-16(21)8-6-15(3,4)7-9-16/h18,21H,5-11H2,1-4H3. The van der Waals surface area contributed by atoms with E-state index in [1.165, 1.54) is 0 Å². The second-order valence-corrected chi connectivity index (χ2v) is 7.53. The number of halogens is 1. The van der Waals surface area contributed by atoms with E-state index in [1.807, 2.05) is 11.6 Å². The van der Waals surface area contributed by atoms with Gasteiger partial charge in [0.15, 0.2) is 0 Å². The number of hydrogen-bond donors (Lipinski definition) is 2. The van der Waals surface area contributed by atoms with E-state index in [-0.39, 0.29) is 0 Å². The Morgan fingerprint density at radius 1 is 1.29 bits per heavy atom. The molecule has 0 spiro atoms. The van der Waals surface area contributed by atoms with Crippen molar-refractivity contribution in [2.24, 2.45) is 5.41 Å². The molecule has 1 aromatic heterocycles. The summed E-state index contributed by atoms with van der Waals surface area (Å²) < 4.78 is 1.93. The molecule has 120 valence electrons. The number of aromatic nitrogens is 2. The first kappa shape index (κ1) is 16.8. The topological polar surface area (TPSA) is 50.1 Å². The molecule has 21 heavy (non-hydrogen) atoms. The van der Waals surface area contributed by atoms with Crippen LogP contribution >= 0.6 is 11.6 Å². The van der Waals surface area contributed by atoms with Crippen LogP contribution in [0.1, 0.15) is 57.8 Å². The molecule has 4 nitrogen and oxygen atoms in total. The van der Waals surface area contributed by atoms with Crippen molar-refractivity contribution in [1.29, 1.82) is 0 Å². The number of nitrogens with one attached hydrogen (secondary N) is 1. The van der Waals surface area contributed by atoms with Crippen LogP contribution in [0.3, 0.4) is 0 Å². The lowest BCUT2D eigenvalue weighted by Crippen LogP contribution is -2.45. The van der Waals surface area contributed by atoms with Gasteiger partial charge in [-0.3, -0.25) is 4.68 Å². The van der Waals surface area contributed by atoms with Crippen molar-refractivity contribution < 1.29 is 5.11 Å². The highest BCUT2D eigenvalue weighted by Crippen LogP contribution is 2.39. The second-order valence-electron chi connectivity index (χ2n) is 7.15. The van der Waals surface area contributed by atoms with Crippen molar-refractivity contribution in [3.05, 3.63) is 16.4 Å². The van der Waals surface area contributed by atoms with E-state index >= 15 is 0 Å². The molecule has 0 unspecified atom stereocenters. The lowest BCUT2D eigenvalue weighted by atomic mass is 9.71. The van der Waals surface area contributed by atoms with E-state index in [9.17, 15) is 5.11 Å². The van der Waals surface area contributed by atoms with Crippen LogP contribution in [0.5, 0.6) is 0 Å². The molecule has 0 aliphatic heterocycles. The van der Waals surface area contributed by atoms with Crippen molar-refractivity contribution in [2.45, 2.75) is 72.1 Å². The predicted molar refractivity (Wildman–Crippen MR) is 86.6 cm³/mol. The monoisotopic (exact) mass is 313 g/mol. The van der Waals surface area contributed by atoms with Crippen LogP contribution < -0.4 is 5.32 Å². The zero-order chi connectivity index (χ0) is 15.7. The van der Waals surface area contributed by atoms with Gasteiger partial charge in [-0.05, 0) is 44.9 Å². The first-order valence-electron chi connectivity index (χ1n) is 7.91. The third-order valence-corrected chi connectivity index (χ3v) is 5.23. The molecular formula is C16H28ClN3O. The van der Waals surface area contributed by atoms with Gasteiger partial charge in [0.25, 0.3) is 0 Å². The van der Waals surface area contributed by atoms with E-state index in [2.05, 4.69) is 31.2 Å². The Labute approximate surface area is 132 Å². The average molecular weight is 314 g/mol. The number of nitrogens with zero attached hydrogens (tertiary/aromatic N) is 2. The first-order chi connectivity index (χ1) is 9.76. The van der Waals surface area contributed by atoms with Crippen LogP contribution in [0.4, 0.5) is 0 Å². The molecule has 0 aromatic carbocycles. The third-order valence-electron chi connectivity index (χ3n) is 4.73. The molecule has 1 heterocycles. The minimum absolute atomic E-state index is 0.369. The molecule has 2 N–H and O–H groups in total. The molecule has 0 amide bonds. The Hall–Kier alpha value is -0.580. The fourth-order valence-electron chi connectivity index (χ4n) is 3.02. The summed E-state index contributed by atoms with van der Waals surface area (Å²) in [4.78, 5) is 0. The van der Waals surface area contributed by atoms with E-state index in [4.69, 9.17) is 11.6 Å². The lowest BCUT2D eigenvalue weighted by Gasteiger charge is -2.40. The summed E-state index contributed by atoms with van der Waals surface area (Å²) >= 11 is 6.30. The zero-order valence-corrected chi connectivity index (χ0v) is 14.4. The Morgan fingerprint density at radius 2 is 1.90 bits per heavy atom. The van der Waals surface area contributed by atoms with Gasteiger partial charge in [0.1, 0.15) is 0 Å². The Bertz CT molecular complexity index is 486. The van der Waals surface area contributed by atoms with Gasteiger partial charge in [-0.25, -0.2) is 0 Å². The van der Waals surface area contributed by atoms with Crippen LogP contribution in [0.2, 0.25) is 5.02 Å². The summed E-state index contributed by atoms with van der Waals surface area (Å²) in [5.74, 6) is 0. The van der Waals surface area contributed by atoms with Gasteiger partial charge < -0.3 is 10.4 Å². The van der Waals surface area contributed by atoms with Crippen LogP contribution in [0, 0.1) is 12.3 Å². The Balaban J connectivity index is 1.90. The molecule has 0 bridgehead atoms. The summed E-state index contributed by atoms with van der Waals surface area (Å²) in [5, 5.41) is 19.2. The summed E-state index contributed by atoms with van der Waals surface area (Å²) in [5.41, 5.74) is 1.67. The minimum atomic E-state index is -0.575. The number of rotatable bonds is 5. The van der Waals surface area contributed by atoms with E-state index in [0.717, 1.165) is 48.6 Å². The smallest absolute Gasteiger partial charge is 0.0860 e. The van der Waals surface area contributed by atoms with Crippen LogP contribution in [0.25, 0.3) is 0 Å². The van der Waals surface area contributed by atoms with E-state index < -0.39 is 5.60 Å². The maximum absolute atomic E-state index is 10.7. The molecule has 2 rings (SSSR count). The molecule has 0 atom stereocenters. The largest absolute Gasteiger partial charge is 0.389 e. The van der Waals surface area contributed by atoms with E-state index in [1.54, 1.807) is 0 Å². The summed E-state index contributed by atoms with van der Waals surface area (Å²) in [6.07, 6.45) is 3.90. The van der Waals surface area contributed by atoms with Crippen molar-refractivity contribution in [1.82, 2.24) is 15.1 Å². The summed E-state index contributed by atoms with van der Waals surface area (Å²) in [7, 11) is 0. The maximum Gasteiger partial charge on any atom is 0.0860 e. The van der Waals surface area contributed by atoms with Crippen molar-refractivity contribution in [3.8, 4) is 0 Å². The first-order valence-corrected chi connectivity index (χ1v) is 8.29. The molecule has 0 radical (unpaired) electrons. The predicted octanol–water partition coefficient (Wildman–Crippen LogP) is 3.29. The van der Waals surface area contributed by atoms with Gasteiger partial charge >= 0.3 is 0 Å². The van der Waals surface area contributed by atoms with Crippen molar-refractivity contribution in [3.63, 3.8) is 0 Å². The van der Waals surface area contributed by atoms with Gasteiger partial charge in [-0.2, -0.15) is 5.10 Å². The molecule has 1 aromatic rings. The summed E-state index contributed by atoms with van der Waals surface area (Å²) in [6.45, 7) is 10.6. The highest BCUT2D eigenvalue weighted by Gasteiger charge is 2.36. The molecule has 5 heteroatoms. The van der Waals surface area contributed by atoms with Crippen molar-refractivity contribution in [2.75, 3.05) is 6.54 Å². The minimum Gasteiger partial charge on any atom is -0.389 e. The van der Waals surface area contributed by atoms with E-state index in [0.29, 0.717) is 18.5 Å². The van der Waals surface area contributed by atoms with Crippen LogP contribution in [-0.2, 0) is 13.1 Å². The zero-order valence-electron chi connectivity index (χ0n) is 13.7. The normalized spacial score (nSPS) is 20.7. The molecule has 0 saturated heterocycles. The van der Waals surface area contributed by atoms with Gasteiger partial charge in [0.05, 0.1) is 22.0 Å². The second kappa shape index (κ2) is 6.27. The van der Waals surface area contributed by atoms with Gasteiger partial charge in [0.2, 0.25) is 0 Å². The quantitative estimate of drug-likeness (QED) is 0.877. The molecular weight excluding hydrogens is 286 g/mol. The van der Waals surface area contributed by atoms with Crippen LogP contribution in [0.15, 0.2) is 0 Å². The summed E-state index contributed by atoms with van der Waals surface area (Å²) in [6, 6.07) is 0. The number of aliphatic hydroxyl groups is 1. The SMILES string of the molecule is CCn1nc(C)c(Cl)c1CNCC1(O)CCC(C)(C)CC1. The molecule has 1 saturated carbocycles. The maximum atomic E-state index is 10.7. The van der Waals surface area contributed by atoms with Crippen molar-refractivity contribution >= 4 is 11.6 Å². The average Bonchev–Trinajstić information content (AvgIpc) is 2.70. The fraction of sp³-hybridized carbons (Fsp3) is 0.812. The highest BCUT2D eigenvalue weighted by atomic mass is 35.5. The lowest BCUT2D eigenvalue weighted by molar-refractivity contribution is -0.0246. The Kier molecular flexibility index (Phi) is 5.01. The Morgan fingerprint density at radius 3 is 2.48 bits per heavy atom. The molecule has 1 fully saturated rings. The molecule has 1 aliphatic rings. The fourth-order valence-corrected chi connectivity index (χ4v) is 3.22. The van der Waals surface area contributed by atoms with Gasteiger partial charge in [-0.15, -0.1) is 0 Å². The van der Waals surface area contributed by atoms with Gasteiger partial charge in [-0.1, -0.05) is 25.4 Å². The number of aryl methyl sites for hydroxylation is 2.